The number of benzene rings is 3. The molecule has 10 amide bonds. The van der Waals surface area contributed by atoms with Crippen LogP contribution in [0.1, 0.15) is 180 Å². The molecule has 778 valence electrons. The smallest absolute Gasteiger partial charge is 0.312 e. The Kier molecular flexibility index (Phi) is 46.2. The van der Waals surface area contributed by atoms with Gasteiger partial charge in [0.05, 0.1) is 148 Å². The van der Waals surface area contributed by atoms with E-state index in [-0.39, 0.29) is 205 Å². The van der Waals surface area contributed by atoms with Gasteiger partial charge >= 0.3 is 6.03 Å². The molecule has 1 saturated heterocycles. The molecule has 0 bridgehead atoms. The van der Waals surface area contributed by atoms with Gasteiger partial charge in [-0.2, -0.15) is 8.42 Å². The number of Topliss-reactive ketones (excluding diaryl/α,β-unsaturated/α-hetero) is 1. The summed E-state index contributed by atoms with van der Waals surface area (Å²) < 4.78 is 101. The van der Waals surface area contributed by atoms with Crippen LogP contribution >= 0.6 is 0 Å². The molecular formula is C101H146N12O27S. The molecule has 2 aliphatic heterocycles. The fraction of sp³-hybridized carbons (Fsp3) is 0.634. The summed E-state index contributed by atoms with van der Waals surface area (Å²) in [6, 6.07) is 17.0. The fourth-order valence-corrected chi connectivity index (χ4v) is 19.9. The van der Waals surface area contributed by atoms with E-state index in [1.54, 1.807) is 55.2 Å². The van der Waals surface area contributed by atoms with Gasteiger partial charge in [-0.25, -0.2) is 4.79 Å². The number of hydrogen-bond acceptors (Lipinski definition) is 28. The number of anilines is 2. The predicted octanol–water partition coefficient (Wildman–Crippen LogP) is 5.46. The van der Waals surface area contributed by atoms with Crippen molar-refractivity contribution in [1.29, 1.82) is 0 Å². The maximum Gasteiger partial charge on any atom is 0.312 e. The van der Waals surface area contributed by atoms with E-state index in [9.17, 15) is 61.5 Å². The number of aliphatic hydroxyl groups excluding tert-OH is 1. The van der Waals surface area contributed by atoms with Crippen molar-refractivity contribution in [2.75, 3.05) is 168 Å². The molecule has 7 aliphatic rings. The highest BCUT2D eigenvalue weighted by Crippen LogP contribution is 2.70. The average molecular weight is 1990 g/mol. The van der Waals surface area contributed by atoms with Crippen LogP contribution in [-0.4, -0.2) is 289 Å². The van der Waals surface area contributed by atoms with Crippen molar-refractivity contribution in [2.24, 2.45) is 46.0 Å². The molecule has 15 N–H and O–H groups in total. The van der Waals surface area contributed by atoms with Crippen molar-refractivity contribution in [3.05, 3.63) is 125 Å². The number of ether oxygens (including phenoxy) is 12. The number of urea groups is 1. The fourth-order valence-electron chi connectivity index (χ4n) is 19.5. The van der Waals surface area contributed by atoms with Crippen molar-refractivity contribution in [1.82, 2.24) is 42.5 Å². The molecule has 13 atom stereocenters. The van der Waals surface area contributed by atoms with Gasteiger partial charge in [0.1, 0.15) is 37.1 Å². The summed E-state index contributed by atoms with van der Waals surface area (Å²) >= 11 is 0. The number of carbonyl (C=O) groups is 11. The Morgan fingerprint density at radius 1 is 0.617 bits per heavy atom. The zero-order valence-corrected chi connectivity index (χ0v) is 82.8. The molecule has 39 nitrogen and oxygen atoms in total. The van der Waals surface area contributed by atoms with E-state index in [0.29, 0.717) is 114 Å². The summed E-state index contributed by atoms with van der Waals surface area (Å²) in [4.78, 5) is 150. The Bertz CT molecular complexity index is 4920. The molecule has 40 heteroatoms. The number of fused-ring (bicyclic) bond motifs is 9. The van der Waals surface area contributed by atoms with Gasteiger partial charge in [0.2, 0.25) is 53.0 Å². The largest absolute Gasteiger partial charge is 0.486 e. The minimum atomic E-state index is -4.16. The summed E-state index contributed by atoms with van der Waals surface area (Å²) in [6.45, 7) is 13.8. The van der Waals surface area contributed by atoms with Crippen molar-refractivity contribution in [2.45, 2.75) is 218 Å². The molecule has 3 aromatic rings. The first kappa shape index (κ1) is 113. The van der Waals surface area contributed by atoms with E-state index < -0.39 is 122 Å². The van der Waals surface area contributed by atoms with Gasteiger partial charge in [0, 0.05) is 97.7 Å². The SMILES string of the molecule is CCCC1O[C@@H]2CC3[C@@H]4CCC5=CC(=O)C=C[C@]5(C)C4[C@@H](O)C[C@]3(C)[C@]2(C(=O)COc2ccc(NC(=O)[C@H](CCCNC(N)=O)NC(=O)[C@@H](NC(=O)[C@@H](CCCCNC(=O)COC3CCCCC/C(NCCOCCOCCOCCOCCC(=O)NCCS(=O)(=O)O)=C\3N)NC(=O)CCOCCOCCOCCOCCNC(=O)CCC(=O)N3Cc4ccccc4C#Cc4ccccc43)C(C)C)cc2)O1. The number of amides is 10. The second kappa shape index (κ2) is 57.8. The molecule has 4 fully saturated rings. The van der Waals surface area contributed by atoms with Gasteiger partial charge in [-0.3, -0.25) is 52.5 Å². The number of aliphatic hydroxyl groups is 1. The first-order valence-electron chi connectivity index (χ1n) is 49.6. The van der Waals surface area contributed by atoms with Crippen LogP contribution in [-0.2, 0) is 117 Å². The van der Waals surface area contributed by atoms with E-state index in [1.165, 1.54) is 0 Å². The third-order valence-electron chi connectivity index (χ3n) is 26.7. The van der Waals surface area contributed by atoms with Gasteiger partial charge in [0.15, 0.2) is 17.7 Å². The van der Waals surface area contributed by atoms with Gasteiger partial charge in [-0.15, -0.1) is 0 Å². The second-order valence-corrected chi connectivity index (χ2v) is 38.7. The minimum absolute atomic E-state index is 0.00104. The Morgan fingerprint density at radius 2 is 1.22 bits per heavy atom. The van der Waals surface area contributed by atoms with Crippen LogP contribution in [0.15, 0.2) is 108 Å². The lowest BCUT2D eigenvalue weighted by atomic mass is 9.46. The maximum absolute atomic E-state index is 15.1. The summed E-state index contributed by atoms with van der Waals surface area (Å²) in [6.07, 6.45) is 11.0. The number of nitrogens with two attached hydrogens (primary N) is 2. The second-order valence-electron chi connectivity index (χ2n) is 37.1. The predicted molar refractivity (Wildman–Crippen MR) is 520 cm³/mol. The highest BCUT2D eigenvalue weighted by molar-refractivity contribution is 7.85. The van der Waals surface area contributed by atoms with Crippen molar-refractivity contribution in [3.63, 3.8) is 0 Å². The van der Waals surface area contributed by atoms with Crippen LogP contribution in [0, 0.1) is 46.3 Å². The number of carbonyl (C=O) groups excluding carboxylic acids is 11. The lowest BCUT2D eigenvalue weighted by Gasteiger charge is -2.59. The Morgan fingerprint density at radius 3 is 1.89 bits per heavy atom. The normalized spacial score (nSPS) is 22.8. The van der Waals surface area contributed by atoms with Crippen LogP contribution in [0.2, 0.25) is 0 Å². The Hall–Kier alpha value is -10.4. The van der Waals surface area contributed by atoms with Crippen LogP contribution in [0.5, 0.6) is 5.75 Å². The summed E-state index contributed by atoms with van der Waals surface area (Å²) in [5.74, 6) is 1.09. The quantitative estimate of drug-likeness (QED) is 0.0190. The van der Waals surface area contributed by atoms with Gasteiger partial charge < -0.3 is 126 Å². The van der Waals surface area contributed by atoms with E-state index in [0.717, 1.165) is 60.1 Å². The maximum atomic E-state index is 15.1. The number of nitrogens with zero attached hydrogens (tertiary/aromatic N) is 1. The lowest BCUT2D eigenvalue weighted by molar-refractivity contribution is -0.200. The minimum Gasteiger partial charge on any atom is -0.486 e. The molecule has 2 heterocycles. The third kappa shape index (κ3) is 34.7. The van der Waals surface area contributed by atoms with E-state index in [2.05, 4.69) is 66.6 Å². The highest BCUT2D eigenvalue weighted by atomic mass is 32.2. The number of para-hydroxylation sites is 1. The molecule has 3 saturated carbocycles. The molecule has 0 aromatic heterocycles. The van der Waals surface area contributed by atoms with E-state index in [1.807, 2.05) is 68.5 Å². The zero-order chi connectivity index (χ0) is 101. The first-order valence-corrected chi connectivity index (χ1v) is 51.2. The molecule has 10 rings (SSSR count). The van der Waals surface area contributed by atoms with Crippen molar-refractivity contribution < 1.29 is 128 Å². The Balaban J connectivity index is 0.667. The lowest BCUT2D eigenvalue weighted by Crippen LogP contribution is -2.63. The molecular weight excluding hydrogens is 1850 g/mol. The monoisotopic (exact) mass is 1990 g/mol. The molecule has 0 radical (unpaired) electrons. The molecule has 5 aliphatic carbocycles. The van der Waals surface area contributed by atoms with Crippen LogP contribution < -0.4 is 69.0 Å². The zero-order valence-electron chi connectivity index (χ0n) is 81.9. The van der Waals surface area contributed by atoms with Crippen LogP contribution in [0.4, 0.5) is 16.2 Å². The number of hydrogen-bond donors (Lipinski definition) is 13. The number of rotatable bonds is 63. The van der Waals surface area contributed by atoms with Crippen LogP contribution in [0.25, 0.3) is 0 Å². The number of primary amides is 1. The van der Waals surface area contributed by atoms with Gasteiger partial charge in [0.25, 0.3) is 10.1 Å². The molecule has 141 heavy (non-hydrogen) atoms. The summed E-state index contributed by atoms with van der Waals surface area (Å²) in [5.41, 5.74) is 15.2. The van der Waals surface area contributed by atoms with Gasteiger partial charge in [-0.1, -0.05) is 108 Å². The highest BCUT2D eigenvalue weighted by Gasteiger charge is 2.76. The van der Waals surface area contributed by atoms with E-state index >= 15 is 4.79 Å². The number of allylic oxidation sites excluding steroid dienone is 5. The van der Waals surface area contributed by atoms with E-state index in [4.69, 9.17) is 72.9 Å². The number of ketones is 2. The number of unbranched alkanes of at least 4 members (excludes halogenated alkanes) is 1. The molecule has 0 spiro atoms. The van der Waals surface area contributed by atoms with Crippen molar-refractivity contribution in [3.8, 4) is 17.6 Å². The standard InChI is InChI=1S/C101H146N12O27S/c1-6-17-91-139-85-63-77-76-33-28-72-62-74(114)36-39-99(72,4)92(76)82(115)64-100(77,5)101(85,140-91)84(116)66-137-75-31-29-73(30-32-75)109-95(122)80(23-16-41-108-98(103)125)111-97(124)94(68(2)3)112-96(123)79(22-14-15-40-105-89(120)67-138-83-25-9-7-8-21-78(93(83)102)104-42-47-131-51-55-135-59-57-133-53-49-129-45-37-87(118)107-44-61-141(126,127)128)110-88(119)38-46-130-50-54-134-58-60-136-56-52-132-48-43-106-86(117)34-35-90(121)113-65-71-20-11-10-18-69(71)26-27-70-19-12-13-24-81(70)113/h10-13,18-20,24,29-32,36,39,62,68,76-77,79-80,82-83,85,91-92,94,104,115H,6-9,14-17,21-23,25,28,33-35,37-38,40-61,63-67,102H2,1-5H3,(H,105,120)(H,106,117)(H,107,118)(H,109,122)(H,110,119)(H,111,124)(H,112,123)(H3,103,108,125)(H,126,127,128)/b93-78-/t76-,77?,79+,80-,82-,83?,85+,91?,92?,94-,99-,100-,101+/m0/s1. The first-order chi connectivity index (χ1) is 67.9. The van der Waals surface area contributed by atoms with Gasteiger partial charge in [-0.05, 0) is 161 Å². The number of nitrogens with one attached hydrogen (secondary N) is 9. The van der Waals surface area contributed by atoms with Crippen LogP contribution in [0.3, 0.4) is 0 Å². The van der Waals surface area contributed by atoms with Crippen molar-refractivity contribution >= 4 is 86.3 Å². The Labute approximate surface area is 826 Å². The topological polar surface area (TPSA) is 537 Å². The molecule has 4 unspecified atom stereocenters. The summed E-state index contributed by atoms with van der Waals surface area (Å²) in [7, 11) is -4.16. The average Bonchev–Trinajstić information content (AvgIpc) is 1.51. The third-order valence-corrected chi connectivity index (χ3v) is 27.4. The summed E-state index contributed by atoms with van der Waals surface area (Å²) in [5, 5.41) is 37.6. The molecule has 3 aromatic carbocycles.